The average Bonchev–Trinajstić information content (AvgIpc) is 3.41. The SMILES string of the molecule is CC(C)[C@H](N)C(=O)N[C@@H](Cc1ccccc1)C[C@H](O)[C@H](Cc1ccccc1)NC(=O)OCc1cncs1.Cl. The molecular weight excluding hydrogens is 524 g/mol. The standard InChI is InChI=1S/C28H36N4O4S.ClH/c1-19(2)26(29)27(34)31-22(13-20-9-5-3-6-10-20)15-25(33)24(14-21-11-7-4-8-12-21)32-28(35)36-17-23-16-30-18-37-23;/h3-12,16,18-19,22,24-26,33H,13-15,17,29H2,1-2H3,(H,31,34)(H,32,35);1H/t22-,24-,25-,26-;/m0./s1. The Balaban J connectivity index is 0.00000507. The summed E-state index contributed by atoms with van der Waals surface area (Å²) in [5.41, 5.74) is 9.73. The van der Waals surface area contributed by atoms with Crippen LogP contribution in [0.15, 0.2) is 72.4 Å². The Labute approximate surface area is 234 Å². The Morgan fingerprint density at radius 2 is 1.61 bits per heavy atom. The molecule has 0 fully saturated rings. The zero-order chi connectivity index (χ0) is 26.6. The van der Waals surface area contributed by atoms with Gasteiger partial charge in [0.1, 0.15) is 6.61 Å². The van der Waals surface area contributed by atoms with E-state index < -0.39 is 24.3 Å². The number of thiazole rings is 1. The number of carbonyl (C=O) groups excluding carboxylic acids is 2. The third-order valence-corrected chi connectivity index (χ3v) is 6.87. The molecule has 206 valence electrons. The number of amides is 2. The molecule has 0 aliphatic carbocycles. The lowest BCUT2D eigenvalue weighted by Gasteiger charge is -2.29. The van der Waals surface area contributed by atoms with E-state index in [-0.39, 0.29) is 43.3 Å². The highest BCUT2D eigenvalue weighted by molar-refractivity contribution is 7.09. The van der Waals surface area contributed by atoms with Crippen molar-refractivity contribution in [2.45, 2.75) is 63.9 Å². The monoisotopic (exact) mass is 560 g/mol. The summed E-state index contributed by atoms with van der Waals surface area (Å²) in [7, 11) is 0. The highest BCUT2D eigenvalue weighted by atomic mass is 35.5. The number of nitrogens with two attached hydrogens (primary N) is 1. The first-order valence-corrected chi connectivity index (χ1v) is 13.3. The molecule has 0 spiro atoms. The van der Waals surface area contributed by atoms with E-state index in [4.69, 9.17) is 10.5 Å². The van der Waals surface area contributed by atoms with Crippen molar-refractivity contribution in [1.29, 1.82) is 0 Å². The second-order valence-corrected chi connectivity index (χ2v) is 10.4. The fourth-order valence-electron chi connectivity index (χ4n) is 3.94. The predicted molar refractivity (Wildman–Crippen MR) is 152 cm³/mol. The lowest BCUT2D eigenvalue weighted by atomic mass is 9.93. The molecule has 0 unspecified atom stereocenters. The highest BCUT2D eigenvalue weighted by Gasteiger charge is 2.28. The van der Waals surface area contributed by atoms with Gasteiger partial charge in [0.2, 0.25) is 5.91 Å². The van der Waals surface area contributed by atoms with E-state index in [0.717, 1.165) is 16.0 Å². The number of hydrogen-bond acceptors (Lipinski definition) is 7. The van der Waals surface area contributed by atoms with Gasteiger partial charge in [0, 0.05) is 12.2 Å². The van der Waals surface area contributed by atoms with Crippen LogP contribution in [-0.4, -0.2) is 46.3 Å². The summed E-state index contributed by atoms with van der Waals surface area (Å²) in [6.07, 6.45) is 1.20. The fraction of sp³-hybridized carbons (Fsp3) is 0.393. The van der Waals surface area contributed by atoms with Crippen LogP contribution in [0.5, 0.6) is 0 Å². The average molecular weight is 561 g/mol. The van der Waals surface area contributed by atoms with Crippen LogP contribution in [-0.2, 0) is 29.0 Å². The number of aromatic nitrogens is 1. The summed E-state index contributed by atoms with van der Waals surface area (Å²) < 4.78 is 5.35. The predicted octanol–water partition coefficient (Wildman–Crippen LogP) is 3.86. The maximum atomic E-state index is 12.8. The number of aliphatic hydroxyl groups excluding tert-OH is 1. The van der Waals surface area contributed by atoms with E-state index >= 15 is 0 Å². The topological polar surface area (TPSA) is 127 Å². The van der Waals surface area contributed by atoms with Crippen molar-refractivity contribution in [2.24, 2.45) is 11.7 Å². The number of alkyl carbamates (subject to hydrolysis) is 1. The molecule has 2 aromatic carbocycles. The van der Waals surface area contributed by atoms with Gasteiger partial charge in [-0.1, -0.05) is 74.5 Å². The third-order valence-electron chi connectivity index (χ3n) is 6.11. The largest absolute Gasteiger partial charge is 0.444 e. The van der Waals surface area contributed by atoms with Crippen molar-refractivity contribution in [1.82, 2.24) is 15.6 Å². The Hall–Kier alpha value is -2.98. The van der Waals surface area contributed by atoms with E-state index in [0.29, 0.717) is 12.8 Å². The first-order chi connectivity index (χ1) is 17.8. The summed E-state index contributed by atoms with van der Waals surface area (Å²) >= 11 is 1.40. The van der Waals surface area contributed by atoms with Gasteiger partial charge in [-0.25, -0.2) is 4.79 Å². The van der Waals surface area contributed by atoms with Gasteiger partial charge in [-0.2, -0.15) is 0 Å². The molecule has 1 heterocycles. The van der Waals surface area contributed by atoms with Gasteiger partial charge in [-0.05, 0) is 36.3 Å². The Morgan fingerprint density at radius 3 is 2.16 bits per heavy atom. The molecule has 0 aliphatic rings. The molecule has 5 N–H and O–H groups in total. The molecule has 0 saturated carbocycles. The van der Waals surface area contributed by atoms with Gasteiger partial charge in [0.25, 0.3) is 0 Å². The number of carbonyl (C=O) groups is 2. The quantitative estimate of drug-likeness (QED) is 0.251. The van der Waals surface area contributed by atoms with Gasteiger partial charge in [0.05, 0.1) is 28.6 Å². The number of ether oxygens (including phenoxy) is 1. The highest BCUT2D eigenvalue weighted by Crippen LogP contribution is 2.15. The molecule has 4 atom stereocenters. The number of halogens is 1. The lowest BCUT2D eigenvalue weighted by Crippen LogP contribution is -2.52. The van der Waals surface area contributed by atoms with Crippen molar-refractivity contribution >= 4 is 35.7 Å². The molecule has 0 aliphatic heterocycles. The Kier molecular flexibility index (Phi) is 13.2. The summed E-state index contributed by atoms with van der Waals surface area (Å²) in [6, 6.07) is 17.7. The van der Waals surface area contributed by atoms with Crippen LogP contribution in [0.3, 0.4) is 0 Å². The molecule has 0 saturated heterocycles. The summed E-state index contributed by atoms with van der Waals surface area (Å²) in [5.74, 6) is -0.289. The number of rotatable bonds is 13. The maximum absolute atomic E-state index is 12.8. The van der Waals surface area contributed by atoms with Crippen LogP contribution in [0.4, 0.5) is 4.79 Å². The zero-order valence-electron chi connectivity index (χ0n) is 21.7. The van der Waals surface area contributed by atoms with Gasteiger partial charge >= 0.3 is 6.09 Å². The summed E-state index contributed by atoms with van der Waals surface area (Å²) in [4.78, 5) is 30.2. The minimum Gasteiger partial charge on any atom is -0.444 e. The molecule has 3 rings (SSSR count). The van der Waals surface area contributed by atoms with E-state index in [2.05, 4.69) is 15.6 Å². The number of nitrogens with one attached hydrogen (secondary N) is 2. The summed E-state index contributed by atoms with van der Waals surface area (Å²) in [5, 5.41) is 17.2. The van der Waals surface area contributed by atoms with Crippen molar-refractivity contribution < 1.29 is 19.4 Å². The minimum absolute atomic E-state index is 0. The third kappa shape index (κ3) is 10.4. The van der Waals surface area contributed by atoms with Crippen molar-refractivity contribution in [3.63, 3.8) is 0 Å². The van der Waals surface area contributed by atoms with Crippen LogP contribution < -0.4 is 16.4 Å². The van der Waals surface area contributed by atoms with Crippen LogP contribution in [0.25, 0.3) is 0 Å². The van der Waals surface area contributed by atoms with E-state index in [1.807, 2.05) is 74.5 Å². The van der Waals surface area contributed by atoms with Crippen LogP contribution in [0.2, 0.25) is 0 Å². The fourth-order valence-corrected chi connectivity index (χ4v) is 4.45. The number of aliphatic hydroxyl groups is 1. The summed E-state index contributed by atoms with van der Waals surface area (Å²) in [6.45, 7) is 3.89. The zero-order valence-corrected chi connectivity index (χ0v) is 23.3. The second-order valence-electron chi connectivity index (χ2n) is 9.45. The van der Waals surface area contributed by atoms with Gasteiger partial charge in [-0.3, -0.25) is 9.78 Å². The Morgan fingerprint density at radius 1 is 1.00 bits per heavy atom. The molecule has 10 heteroatoms. The second kappa shape index (κ2) is 16.1. The molecule has 3 aromatic rings. The maximum Gasteiger partial charge on any atom is 0.407 e. The first kappa shape index (κ1) is 31.2. The van der Waals surface area contributed by atoms with Gasteiger partial charge in [-0.15, -0.1) is 23.7 Å². The van der Waals surface area contributed by atoms with E-state index in [1.54, 1.807) is 11.7 Å². The molecule has 38 heavy (non-hydrogen) atoms. The number of hydrogen-bond donors (Lipinski definition) is 4. The molecule has 0 radical (unpaired) electrons. The van der Waals surface area contributed by atoms with Crippen LogP contribution in [0, 0.1) is 5.92 Å². The van der Waals surface area contributed by atoms with Crippen molar-refractivity contribution in [2.75, 3.05) is 0 Å². The molecule has 2 amide bonds. The lowest BCUT2D eigenvalue weighted by molar-refractivity contribution is -0.124. The first-order valence-electron chi connectivity index (χ1n) is 12.4. The minimum atomic E-state index is -0.958. The van der Waals surface area contributed by atoms with Gasteiger partial charge < -0.3 is 26.2 Å². The van der Waals surface area contributed by atoms with Gasteiger partial charge in [0.15, 0.2) is 0 Å². The van der Waals surface area contributed by atoms with Crippen LogP contribution in [0.1, 0.15) is 36.3 Å². The molecule has 8 nitrogen and oxygen atoms in total. The molecule has 1 aromatic heterocycles. The normalized spacial score (nSPS) is 14.0. The smallest absolute Gasteiger partial charge is 0.407 e. The van der Waals surface area contributed by atoms with Crippen molar-refractivity contribution in [3.8, 4) is 0 Å². The van der Waals surface area contributed by atoms with Crippen LogP contribution >= 0.6 is 23.7 Å². The van der Waals surface area contributed by atoms with Crippen molar-refractivity contribution in [3.05, 3.63) is 88.4 Å². The molecular formula is C28H37ClN4O4S. The number of benzene rings is 2. The van der Waals surface area contributed by atoms with E-state index in [1.165, 1.54) is 11.3 Å². The van der Waals surface area contributed by atoms with E-state index in [9.17, 15) is 14.7 Å². The Bertz CT molecular complexity index is 1090. The number of nitrogens with zero attached hydrogens (tertiary/aromatic N) is 1. The molecule has 0 bridgehead atoms.